The van der Waals surface area contributed by atoms with E-state index in [1.54, 1.807) is 6.92 Å². The average molecular weight is 288 g/mol. The summed E-state index contributed by atoms with van der Waals surface area (Å²) in [5.41, 5.74) is 0.558. The number of ether oxygens (including phenoxy) is 1. The fraction of sp³-hybridized carbons (Fsp3) is 0.583. The molecule has 6 nitrogen and oxygen atoms in total. The highest BCUT2D eigenvalue weighted by molar-refractivity contribution is 7.92. The summed E-state index contributed by atoms with van der Waals surface area (Å²) in [5, 5.41) is 0. The standard InChI is InChI=1S/C12H20N2O4S/c1-8(2)11(18-4)7-19(16,17)14-10-5-9(3)12(15)13-6-10/h5-6,8,11,14H,7H2,1-4H3,(H,13,15). The smallest absolute Gasteiger partial charge is 0.250 e. The second-order valence-electron chi connectivity index (χ2n) is 4.80. The molecule has 19 heavy (non-hydrogen) atoms. The Balaban J connectivity index is 2.84. The molecule has 0 saturated heterocycles. The molecule has 0 radical (unpaired) electrons. The molecule has 7 heteroatoms. The van der Waals surface area contributed by atoms with Gasteiger partial charge in [-0.25, -0.2) is 8.42 Å². The Labute approximate surface area is 113 Å². The Hall–Kier alpha value is -1.34. The van der Waals surface area contributed by atoms with E-state index in [-0.39, 0.29) is 23.3 Å². The van der Waals surface area contributed by atoms with Crippen LogP contribution in [-0.2, 0) is 14.8 Å². The zero-order valence-electron chi connectivity index (χ0n) is 11.6. The van der Waals surface area contributed by atoms with Crippen LogP contribution in [0.25, 0.3) is 0 Å². The lowest BCUT2D eigenvalue weighted by Gasteiger charge is -2.19. The molecule has 1 heterocycles. The van der Waals surface area contributed by atoms with Crippen molar-refractivity contribution in [3.8, 4) is 0 Å². The molecule has 0 aliphatic rings. The molecule has 0 aliphatic carbocycles. The predicted octanol–water partition coefficient (Wildman–Crippen LogP) is 1.10. The van der Waals surface area contributed by atoms with Crippen LogP contribution in [0, 0.1) is 12.8 Å². The molecule has 1 rings (SSSR count). The van der Waals surface area contributed by atoms with E-state index in [0.29, 0.717) is 11.3 Å². The number of sulfonamides is 1. The van der Waals surface area contributed by atoms with E-state index in [1.807, 2.05) is 13.8 Å². The first-order chi connectivity index (χ1) is 8.75. The summed E-state index contributed by atoms with van der Waals surface area (Å²) in [6.45, 7) is 5.41. The van der Waals surface area contributed by atoms with Gasteiger partial charge in [0.15, 0.2) is 0 Å². The molecule has 108 valence electrons. The van der Waals surface area contributed by atoms with Crippen LogP contribution in [0.2, 0.25) is 0 Å². The first kappa shape index (κ1) is 15.7. The molecule has 1 aromatic rings. The number of aryl methyl sites for hydroxylation is 1. The van der Waals surface area contributed by atoms with Gasteiger partial charge in [0.25, 0.3) is 5.56 Å². The van der Waals surface area contributed by atoms with Gasteiger partial charge in [0.05, 0.1) is 17.5 Å². The monoisotopic (exact) mass is 288 g/mol. The van der Waals surface area contributed by atoms with Crippen LogP contribution in [0.5, 0.6) is 0 Å². The van der Waals surface area contributed by atoms with Gasteiger partial charge in [-0.1, -0.05) is 13.8 Å². The zero-order valence-corrected chi connectivity index (χ0v) is 12.4. The van der Waals surface area contributed by atoms with Gasteiger partial charge < -0.3 is 9.72 Å². The number of rotatable bonds is 6. The Morgan fingerprint density at radius 3 is 2.53 bits per heavy atom. The summed E-state index contributed by atoms with van der Waals surface area (Å²) < 4.78 is 31.6. The lowest BCUT2D eigenvalue weighted by molar-refractivity contribution is 0.0829. The first-order valence-corrected chi connectivity index (χ1v) is 7.63. The Bertz CT molecular complexity index is 578. The Morgan fingerprint density at radius 1 is 1.42 bits per heavy atom. The third-order valence-electron chi connectivity index (χ3n) is 2.79. The van der Waals surface area contributed by atoms with Gasteiger partial charge in [0.1, 0.15) is 0 Å². The average Bonchev–Trinajstić information content (AvgIpc) is 2.30. The lowest BCUT2D eigenvalue weighted by atomic mass is 10.1. The fourth-order valence-corrected chi connectivity index (χ4v) is 3.14. The number of aromatic amines is 1. The van der Waals surface area contributed by atoms with Gasteiger partial charge in [-0.05, 0) is 18.9 Å². The van der Waals surface area contributed by atoms with E-state index < -0.39 is 10.0 Å². The molecular weight excluding hydrogens is 268 g/mol. The number of anilines is 1. The maximum atomic E-state index is 12.0. The third-order valence-corrected chi connectivity index (χ3v) is 4.11. The van der Waals surface area contributed by atoms with Crippen LogP contribution in [0.15, 0.2) is 17.1 Å². The number of aromatic nitrogens is 1. The van der Waals surface area contributed by atoms with E-state index in [1.165, 1.54) is 19.4 Å². The molecule has 0 bridgehead atoms. The van der Waals surface area contributed by atoms with Gasteiger partial charge in [0, 0.05) is 18.9 Å². The van der Waals surface area contributed by atoms with Crippen molar-refractivity contribution in [2.45, 2.75) is 26.9 Å². The van der Waals surface area contributed by atoms with Crippen LogP contribution >= 0.6 is 0 Å². The highest BCUT2D eigenvalue weighted by Crippen LogP contribution is 2.12. The van der Waals surface area contributed by atoms with Crippen molar-refractivity contribution in [1.82, 2.24) is 4.98 Å². The summed E-state index contributed by atoms with van der Waals surface area (Å²) in [4.78, 5) is 13.7. The summed E-state index contributed by atoms with van der Waals surface area (Å²) in [5.74, 6) is -0.0295. The largest absolute Gasteiger partial charge is 0.380 e. The van der Waals surface area contributed by atoms with Crippen molar-refractivity contribution in [2.75, 3.05) is 17.6 Å². The van der Waals surface area contributed by atoms with Crippen LogP contribution in [0.4, 0.5) is 5.69 Å². The SMILES string of the molecule is COC(CS(=O)(=O)Nc1c[nH]c(=O)c(C)c1)C(C)C. The van der Waals surface area contributed by atoms with E-state index in [9.17, 15) is 13.2 Å². The zero-order chi connectivity index (χ0) is 14.6. The minimum Gasteiger partial charge on any atom is -0.380 e. The van der Waals surface area contributed by atoms with E-state index in [2.05, 4.69) is 9.71 Å². The van der Waals surface area contributed by atoms with Gasteiger partial charge >= 0.3 is 0 Å². The molecule has 1 atom stereocenters. The molecule has 0 amide bonds. The van der Waals surface area contributed by atoms with Crippen LogP contribution < -0.4 is 10.3 Å². The summed E-state index contributed by atoms with van der Waals surface area (Å²) in [6, 6.07) is 1.49. The van der Waals surface area contributed by atoms with Gasteiger partial charge in [0.2, 0.25) is 10.0 Å². The highest BCUT2D eigenvalue weighted by Gasteiger charge is 2.21. The van der Waals surface area contributed by atoms with Crippen LogP contribution in [0.1, 0.15) is 19.4 Å². The van der Waals surface area contributed by atoms with Crippen molar-refractivity contribution in [2.24, 2.45) is 5.92 Å². The van der Waals surface area contributed by atoms with Crippen molar-refractivity contribution in [3.63, 3.8) is 0 Å². The molecule has 1 aromatic heterocycles. The molecular formula is C12H20N2O4S. The van der Waals surface area contributed by atoms with Crippen molar-refractivity contribution >= 4 is 15.7 Å². The number of pyridine rings is 1. The first-order valence-electron chi connectivity index (χ1n) is 5.98. The van der Waals surface area contributed by atoms with Crippen molar-refractivity contribution < 1.29 is 13.2 Å². The van der Waals surface area contributed by atoms with E-state index >= 15 is 0 Å². The topological polar surface area (TPSA) is 88.3 Å². The second kappa shape index (κ2) is 6.21. The summed E-state index contributed by atoms with van der Waals surface area (Å²) >= 11 is 0. The third kappa shape index (κ3) is 4.68. The summed E-state index contributed by atoms with van der Waals surface area (Å²) in [7, 11) is -2.03. The molecule has 1 unspecified atom stereocenters. The Morgan fingerprint density at radius 2 is 2.05 bits per heavy atom. The molecule has 0 saturated carbocycles. The van der Waals surface area contributed by atoms with Gasteiger partial charge in [-0.2, -0.15) is 0 Å². The second-order valence-corrected chi connectivity index (χ2v) is 6.57. The van der Waals surface area contributed by atoms with Crippen LogP contribution in [-0.4, -0.2) is 32.4 Å². The predicted molar refractivity (Wildman–Crippen MR) is 74.8 cm³/mol. The lowest BCUT2D eigenvalue weighted by Crippen LogP contribution is -2.31. The number of H-pyrrole nitrogens is 1. The summed E-state index contributed by atoms with van der Waals surface area (Å²) in [6.07, 6.45) is 0.964. The van der Waals surface area contributed by atoms with E-state index in [4.69, 9.17) is 4.74 Å². The number of nitrogens with one attached hydrogen (secondary N) is 2. The molecule has 0 aromatic carbocycles. The maximum Gasteiger partial charge on any atom is 0.250 e. The molecule has 0 spiro atoms. The van der Waals surface area contributed by atoms with Crippen molar-refractivity contribution in [3.05, 3.63) is 28.2 Å². The number of methoxy groups -OCH3 is 1. The van der Waals surface area contributed by atoms with E-state index in [0.717, 1.165) is 0 Å². The van der Waals surface area contributed by atoms with Crippen molar-refractivity contribution in [1.29, 1.82) is 0 Å². The fourth-order valence-electron chi connectivity index (χ4n) is 1.63. The highest BCUT2D eigenvalue weighted by atomic mass is 32.2. The molecule has 0 fully saturated rings. The minimum absolute atomic E-state index is 0.0962. The Kier molecular flexibility index (Phi) is 5.13. The van der Waals surface area contributed by atoms with Gasteiger partial charge in [-0.15, -0.1) is 0 Å². The van der Waals surface area contributed by atoms with Gasteiger partial charge in [-0.3, -0.25) is 9.52 Å². The minimum atomic E-state index is -3.52. The maximum absolute atomic E-state index is 12.0. The quantitative estimate of drug-likeness (QED) is 0.820. The van der Waals surface area contributed by atoms with Crippen LogP contribution in [0.3, 0.4) is 0 Å². The molecule has 0 aliphatic heterocycles. The number of hydrogen-bond donors (Lipinski definition) is 2. The number of hydrogen-bond acceptors (Lipinski definition) is 4. The molecule has 2 N–H and O–H groups in total. The normalized spacial score (nSPS) is 13.5.